The third kappa shape index (κ3) is 5.41. The Hall–Kier alpha value is -4.08. The van der Waals surface area contributed by atoms with Crippen molar-refractivity contribution in [3.8, 4) is 17.0 Å². The number of fused-ring (bicyclic) bond motifs is 3. The first-order chi connectivity index (χ1) is 19.2. The second kappa shape index (κ2) is 12.2. The number of hydrogen-bond acceptors (Lipinski definition) is 8. The van der Waals surface area contributed by atoms with Crippen molar-refractivity contribution in [3.05, 3.63) is 72.2 Å². The molecule has 0 saturated heterocycles. The maximum Gasteiger partial charge on any atom is 0.227 e. The minimum absolute atomic E-state index is 0.502. The smallest absolute Gasteiger partial charge is 0.227 e. The van der Waals surface area contributed by atoms with E-state index in [1.165, 1.54) is 10.9 Å². The number of nitrogens with zero attached hydrogens (tertiary/aromatic N) is 4. The maximum atomic E-state index is 5.83. The highest BCUT2D eigenvalue weighted by Crippen LogP contribution is 2.38. The average Bonchev–Trinajstić information content (AvgIpc) is 3.31. The normalized spacial score (nSPS) is 13.1. The molecular formula is C30H37N7O2. The van der Waals surface area contributed by atoms with Crippen LogP contribution in [0.25, 0.3) is 22.2 Å². The van der Waals surface area contributed by atoms with Crippen LogP contribution in [0.2, 0.25) is 0 Å². The summed E-state index contributed by atoms with van der Waals surface area (Å²) in [6.07, 6.45) is 6.04. The largest absolute Gasteiger partial charge is 0.494 e. The number of methoxy groups -OCH3 is 1. The molecule has 3 heterocycles. The molecule has 9 heteroatoms. The van der Waals surface area contributed by atoms with E-state index in [4.69, 9.17) is 20.2 Å². The van der Waals surface area contributed by atoms with Gasteiger partial charge in [0.1, 0.15) is 5.75 Å². The standard InChI is InChI=1S/C30H37N7O2/c1-4-36(15-14-32-2)26-19-28(38-3)24(18-21(26)8-7-12-31)35-30-33-13-11-23(34-30)29-22-9-5-6-10-25(22)37-16-17-39-20-27(29)37/h5-7,9-13,18-19,32H,4,8,14-17,20,31H2,1-3H3,(H,33,34,35). The molecule has 0 bridgehead atoms. The lowest BCUT2D eigenvalue weighted by Gasteiger charge is -2.27. The van der Waals surface area contributed by atoms with Gasteiger partial charge in [0.15, 0.2) is 0 Å². The van der Waals surface area contributed by atoms with Crippen molar-refractivity contribution in [1.82, 2.24) is 19.9 Å². The van der Waals surface area contributed by atoms with E-state index in [0.717, 1.165) is 65.8 Å². The van der Waals surface area contributed by atoms with Crippen LogP contribution in [0.5, 0.6) is 5.75 Å². The van der Waals surface area contributed by atoms with E-state index in [-0.39, 0.29) is 0 Å². The fraction of sp³-hybridized carbons (Fsp3) is 0.333. The Balaban J connectivity index is 1.53. The number of ether oxygens (including phenoxy) is 2. The molecule has 5 rings (SSSR count). The summed E-state index contributed by atoms with van der Waals surface area (Å²) in [5, 5.41) is 7.83. The van der Waals surface area contributed by atoms with Gasteiger partial charge in [-0.2, -0.15) is 0 Å². The first kappa shape index (κ1) is 26.5. The zero-order chi connectivity index (χ0) is 27.2. The Bertz CT molecular complexity index is 1460. The molecule has 0 aliphatic carbocycles. The highest BCUT2D eigenvalue weighted by atomic mass is 16.5. The van der Waals surface area contributed by atoms with E-state index in [0.29, 0.717) is 25.6 Å². The zero-order valence-electron chi connectivity index (χ0n) is 22.9. The molecule has 2 aromatic carbocycles. The Morgan fingerprint density at radius 2 is 2.10 bits per heavy atom. The zero-order valence-corrected chi connectivity index (χ0v) is 22.9. The SMILES string of the molecule is CCN(CCNC)c1cc(OC)c(Nc2nccc(-c3c4n(c5ccccc35)CCOC4)n2)cc1CC=CN. The molecule has 0 amide bonds. The number of rotatable bonds is 11. The van der Waals surface area contributed by atoms with Gasteiger partial charge in [-0.3, -0.25) is 0 Å². The Kier molecular flexibility index (Phi) is 8.29. The molecule has 0 radical (unpaired) electrons. The summed E-state index contributed by atoms with van der Waals surface area (Å²) in [5.74, 6) is 1.23. The lowest BCUT2D eigenvalue weighted by Crippen LogP contribution is -2.31. The van der Waals surface area contributed by atoms with Crippen molar-refractivity contribution < 1.29 is 9.47 Å². The number of likely N-dealkylation sites (N-methyl/N-ethyl adjacent to an activating group) is 2. The monoisotopic (exact) mass is 527 g/mol. The topological polar surface area (TPSA) is 102 Å². The van der Waals surface area contributed by atoms with Gasteiger partial charge in [0.05, 0.1) is 37.4 Å². The Morgan fingerprint density at radius 3 is 2.90 bits per heavy atom. The molecule has 4 N–H and O–H groups in total. The van der Waals surface area contributed by atoms with Gasteiger partial charge in [-0.1, -0.05) is 24.3 Å². The van der Waals surface area contributed by atoms with Crippen LogP contribution in [0.1, 0.15) is 18.2 Å². The molecule has 1 aliphatic heterocycles. The summed E-state index contributed by atoms with van der Waals surface area (Å²) in [6, 6.07) is 14.6. The van der Waals surface area contributed by atoms with Gasteiger partial charge in [-0.05, 0) is 50.4 Å². The van der Waals surface area contributed by atoms with Crippen molar-refractivity contribution in [3.63, 3.8) is 0 Å². The number of benzene rings is 2. The predicted molar refractivity (Wildman–Crippen MR) is 158 cm³/mol. The summed E-state index contributed by atoms with van der Waals surface area (Å²) in [4.78, 5) is 11.8. The van der Waals surface area contributed by atoms with Gasteiger partial charge in [-0.15, -0.1) is 0 Å². The quantitative estimate of drug-likeness (QED) is 0.263. The molecular weight excluding hydrogens is 490 g/mol. The van der Waals surface area contributed by atoms with E-state index in [1.807, 2.05) is 19.2 Å². The summed E-state index contributed by atoms with van der Waals surface area (Å²) >= 11 is 0. The number of nitrogens with one attached hydrogen (secondary N) is 2. The van der Waals surface area contributed by atoms with E-state index >= 15 is 0 Å². The van der Waals surface area contributed by atoms with E-state index in [1.54, 1.807) is 19.5 Å². The van der Waals surface area contributed by atoms with Crippen LogP contribution in [0, 0.1) is 0 Å². The van der Waals surface area contributed by atoms with Gasteiger partial charge in [-0.25, -0.2) is 9.97 Å². The number of para-hydroxylation sites is 1. The molecule has 204 valence electrons. The predicted octanol–water partition coefficient (Wildman–Crippen LogP) is 4.44. The van der Waals surface area contributed by atoms with E-state index in [2.05, 4.69) is 68.4 Å². The molecule has 0 spiro atoms. The van der Waals surface area contributed by atoms with Crippen molar-refractivity contribution in [2.75, 3.05) is 50.6 Å². The van der Waals surface area contributed by atoms with Gasteiger partial charge >= 0.3 is 0 Å². The van der Waals surface area contributed by atoms with Crippen molar-refractivity contribution >= 4 is 28.2 Å². The highest BCUT2D eigenvalue weighted by molar-refractivity contribution is 5.97. The van der Waals surface area contributed by atoms with E-state index < -0.39 is 0 Å². The Labute approximate surface area is 229 Å². The van der Waals surface area contributed by atoms with Crippen LogP contribution in [0.3, 0.4) is 0 Å². The molecule has 0 saturated carbocycles. The van der Waals surface area contributed by atoms with Crippen molar-refractivity contribution in [2.45, 2.75) is 26.5 Å². The van der Waals surface area contributed by atoms with Crippen LogP contribution in [0.4, 0.5) is 17.3 Å². The average molecular weight is 528 g/mol. The molecule has 39 heavy (non-hydrogen) atoms. The number of aromatic nitrogens is 3. The number of anilines is 3. The third-order valence-corrected chi connectivity index (χ3v) is 7.16. The van der Waals surface area contributed by atoms with Crippen LogP contribution >= 0.6 is 0 Å². The number of allylic oxidation sites excluding steroid dienone is 1. The summed E-state index contributed by atoms with van der Waals surface area (Å²) < 4.78 is 14.0. The molecule has 1 aliphatic rings. The second-order valence-electron chi connectivity index (χ2n) is 9.43. The summed E-state index contributed by atoms with van der Waals surface area (Å²) in [6.45, 7) is 6.90. The lowest BCUT2D eigenvalue weighted by atomic mass is 10.1. The first-order valence-electron chi connectivity index (χ1n) is 13.4. The van der Waals surface area contributed by atoms with Crippen LogP contribution in [-0.2, 0) is 24.3 Å². The first-order valence-corrected chi connectivity index (χ1v) is 13.4. The van der Waals surface area contributed by atoms with Crippen molar-refractivity contribution in [1.29, 1.82) is 0 Å². The third-order valence-electron chi connectivity index (χ3n) is 7.16. The van der Waals surface area contributed by atoms with Gasteiger partial charge < -0.3 is 35.3 Å². The van der Waals surface area contributed by atoms with Crippen molar-refractivity contribution in [2.24, 2.45) is 5.73 Å². The van der Waals surface area contributed by atoms with E-state index in [9.17, 15) is 0 Å². The maximum absolute atomic E-state index is 5.83. The minimum Gasteiger partial charge on any atom is -0.494 e. The summed E-state index contributed by atoms with van der Waals surface area (Å²) in [7, 11) is 3.65. The van der Waals surface area contributed by atoms with Crippen LogP contribution in [0.15, 0.2) is 60.9 Å². The number of nitrogens with two attached hydrogens (primary N) is 1. The molecule has 4 aromatic rings. The molecule has 0 atom stereocenters. The molecule has 0 unspecified atom stereocenters. The molecule has 0 fully saturated rings. The fourth-order valence-electron chi connectivity index (χ4n) is 5.28. The van der Waals surface area contributed by atoms with Gasteiger partial charge in [0.2, 0.25) is 5.95 Å². The highest BCUT2D eigenvalue weighted by Gasteiger charge is 2.22. The molecule has 2 aromatic heterocycles. The Morgan fingerprint density at radius 1 is 1.23 bits per heavy atom. The molecule has 9 nitrogen and oxygen atoms in total. The fourth-order valence-corrected chi connectivity index (χ4v) is 5.28. The second-order valence-corrected chi connectivity index (χ2v) is 9.43. The minimum atomic E-state index is 0.502. The van der Waals surface area contributed by atoms with Crippen LogP contribution < -0.4 is 26.0 Å². The van der Waals surface area contributed by atoms with Crippen LogP contribution in [-0.4, -0.2) is 54.9 Å². The van der Waals surface area contributed by atoms with Gasteiger partial charge in [0.25, 0.3) is 0 Å². The number of hydrogen-bond donors (Lipinski definition) is 3. The summed E-state index contributed by atoms with van der Waals surface area (Å²) in [5.41, 5.74) is 13.1. The lowest BCUT2D eigenvalue weighted by molar-refractivity contribution is 0.0869. The van der Waals surface area contributed by atoms with Gasteiger partial charge in [0, 0.05) is 60.6 Å².